The Labute approximate surface area is 159 Å². The molecule has 2 N–H and O–H groups in total. The van der Waals surface area contributed by atoms with Crippen molar-refractivity contribution in [2.45, 2.75) is 4.90 Å². The second-order valence-corrected chi connectivity index (χ2v) is 7.61. The average molecular weight is 412 g/mol. The quantitative estimate of drug-likeness (QED) is 0.655. The Morgan fingerprint density at radius 2 is 1.70 bits per heavy atom. The van der Waals surface area contributed by atoms with Gasteiger partial charge in [0.15, 0.2) is 0 Å². The second kappa shape index (κ2) is 8.64. The van der Waals surface area contributed by atoms with E-state index in [-0.39, 0.29) is 27.6 Å². The van der Waals surface area contributed by atoms with E-state index in [4.69, 9.17) is 0 Å². The van der Waals surface area contributed by atoms with E-state index in [9.17, 15) is 22.8 Å². The normalized spacial score (nSPS) is 10.7. The number of benzene rings is 1. The van der Waals surface area contributed by atoms with Gasteiger partial charge in [0.05, 0.1) is 14.2 Å². The van der Waals surface area contributed by atoms with E-state index in [0.29, 0.717) is 0 Å². The van der Waals surface area contributed by atoms with Gasteiger partial charge >= 0.3 is 11.9 Å². The molecule has 0 aliphatic carbocycles. The fourth-order valence-corrected chi connectivity index (χ4v) is 4.37. The number of anilines is 1. The molecular weight excluding hydrogens is 396 g/mol. The molecule has 0 saturated carbocycles. The highest BCUT2D eigenvalue weighted by molar-refractivity contribution is 7.93. The van der Waals surface area contributed by atoms with Gasteiger partial charge in [-0.2, -0.15) is 0 Å². The lowest BCUT2D eigenvalue weighted by Gasteiger charge is -2.09. The molecule has 9 nitrogen and oxygen atoms in total. The van der Waals surface area contributed by atoms with Gasteiger partial charge in [0.25, 0.3) is 15.9 Å². The summed E-state index contributed by atoms with van der Waals surface area (Å²) in [7, 11) is -1.65. The third-order valence-corrected chi connectivity index (χ3v) is 5.76. The Hall–Kier alpha value is -2.92. The molecule has 11 heteroatoms. The minimum Gasteiger partial charge on any atom is -0.468 e. The van der Waals surface area contributed by atoms with Crippen LogP contribution in [-0.2, 0) is 24.3 Å². The van der Waals surface area contributed by atoms with E-state index in [1.54, 1.807) is 0 Å². The van der Waals surface area contributed by atoms with Gasteiger partial charge in [-0.15, -0.1) is 11.3 Å². The van der Waals surface area contributed by atoms with Crippen molar-refractivity contribution >= 4 is 44.9 Å². The lowest BCUT2D eigenvalue weighted by Crippen LogP contribution is -2.30. The molecule has 1 aromatic heterocycles. The zero-order chi connectivity index (χ0) is 20.0. The van der Waals surface area contributed by atoms with Crippen LogP contribution in [0.3, 0.4) is 0 Å². The van der Waals surface area contributed by atoms with Crippen LogP contribution >= 0.6 is 11.3 Å². The maximum Gasteiger partial charge on any atom is 0.349 e. The number of ether oxygens (including phenoxy) is 2. The summed E-state index contributed by atoms with van der Waals surface area (Å²) in [5.74, 6) is -1.85. The fourth-order valence-electron chi connectivity index (χ4n) is 1.98. The van der Waals surface area contributed by atoms with Gasteiger partial charge in [-0.3, -0.25) is 14.3 Å². The van der Waals surface area contributed by atoms with Crippen molar-refractivity contribution in [1.29, 1.82) is 0 Å². The molecule has 2 rings (SSSR count). The summed E-state index contributed by atoms with van der Waals surface area (Å²) in [6.45, 7) is -0.280. The van der Waals surface area contributed by atoms with E-state index >= 15 is 0 Å². The Balaban J connectivity index is 2.12. The van der Waals surface area contributed by atoms with Gasteiger partial charge in [0.2, 0.25) is 0 Å². The van der Waals surface area contributed by atoms with Crippen LogP contribution in [0, 0.1) is 0 Å². The molecule has 0 aliphatic heterocycles. The summed E-state index contributed by atoms with van der Waals surface area (Å²) < 4.78 is 36.3. The number of sulfonamides is 1. The van der Waals surface area contributed by atoms with Crippen molar-refractivity contribution < 1.29 is 32.3 Å². The smallest absolute Gasteiger partial charge is 0.349 e. The molecule has 2 aromatic rings. The molecule has 0 bridgehead atoms. The van der Waals surface area contributed by atoms with Gasteiger partial charge in [-0.1, -0.05) is 0 Å². The number of rotatable bonds is 7. The van der Waals surface area contributed by atoms with Gasteiger partial charge < -0.3 is 14.8 Å². The molecule has 0 radical (unpaired) electrons. The molecule has 27 heavy (non-hydrogen) atoms. The van der Waals surface area contributed by atoms with Crippen LogP contribution in [0.2, 0.25) is 0 Å². The zero-order valence-electron chi connectivity index (χ0n) is 14.3. The van der Waals surface area contributed by atoms with Crippen LogP contribution in [0.5, 0.6) is 0 Å². The molecule has 0 spiro atoms. The van der Waals surface area contributed by atoms with Gasteiger partial charge in [0.1, 0.15) is 16.3 Å². The van der Waals surface area contributed by atoms with Crippen LogP contribution in [0.15, 0.2) is 40.6 Å². The number of hydrogen-bond acceptors (Lipinski definition) is 8. The summed E-state index contributed by atoms with van der Waals surface area (Å²) in [4.78, 5) is 34.3. The minimum absolute atomic E-state index is 0.0381. The molecule has 0 aliphatic rings. The molecule has 0 unspecified atom stereocenters. The lowest BCUT2D eigenvalue weighted by molar-refractivity contribution is -0.139. The van der Waals surface area contributed by atoms with Crippen LogP contribution in [0.4, 0.5) is 5.69 Å². The fraction of sp³-hybridized carbons (Fsp3) is 0.188. The highest BCUT2D eigenvalue weighted by Gasteiger charge is 2.24. The van der Waals surface area contributed by atoms with Crippen molar-refractivity contribution in [2.75, 3.05) is 25.5 Å². The predicted octanol–water partition coefficient (Wildman–Crippen LogP) is 1.24. The molecule has 0 fully saturated rings. The Morgan fingerprint density at radius 3 is 2.30 bits per heavy atom. The van der Waals surface area contributed by atoms with Crippen LogP contribution in [-0.4, -0.2) is 47.0 Å². The Morgan fingerprint density at radius 1 is 1.04 bits per heavy atom. The number of hydrogen-bond donors (Lipinski definition) is 2. The maximum absolute atomic E-state index is 12.5. The summed E-state index contributed by atoms with van der Waals surface area (Å²) in [5.41, 5.74) is 0.425. The molecule has 1 amide bonds. The predicted molar refractivity (Wildman–Crippen MR) is 97.3 cm³/mol. The van der Waals surface area contributed by atoms with Gasteiger partial charge in [-0.25, -0.2) is 13.2 Å². The van der Waals surface area contributed by atoms with E-state index in [2.05, 4.69) is 19.5 Å². The molecule has 0 atom stereocenters. The average Bonchev–Trinajstić information content (AvgIpc) is 3.16. The number of carbonyl (C=O) groups is 3. The number of esters is 2. The summed E-state index contributed by atoms with van der Waals surface area (Å²) >= 11 is 0.951. The molecule has 1 heterocycles. The number of nitrogens with one attached hydrogen (secondary N) is 2. The van der Waals surface area contributed by atoms with Crippen LogP contribution in [0.1, 0.15) is 20.0 Å². The largest absolute Gasteiger partial charge is 0.468 e. The maximum atomic E-state index is 12.5. The number of amides is 1. The third kappa shape index (κ3) is 5.05. The summed E-state index contributed by atoms with van der Waals surface area (Å²) in [5, 5.41) is 3.83. The lowest BCUT2D eigenvalue weighted by atomic mass is 10.2. The second-order valence-electron chi connectivity index (χ2n) is 5.05. The van der Waals surface area contributed by atoms with Crippen LogP contribution < -0.4 is 10.0 Å². The number of methoxy groups -OCH3 is 2. The monoisotopic (exact) mass is 412 g/mol. The van der Waals surface area contributed by atoms with E-state index in [1.807, 2.05) is 0 Å². The Bertz CT molecular complexity index is 949. The summed E-state index contributed by atoms with van der Waals surface area (Å²) in [6.07, 6.45) is 0. The van der Waals surface area contributed by atoms with Crippen molar-refractivity contribution in [1.82, 2.24) is 5.32 Å². The van der Waals surface area contributed by atoms with Crippen molar-refractivity contribution in [3.8, 4) is 0 Å². The SMILES string of the molecule is COC(=O)CNC(=O)c1ccc(NS(=O)(=O)c2ccsc2C(=O)OC)cc1. The van der Waals surface area contributed by atoms with Crippen molar-refractivity contribution in [3.05, 3.63) is 46.2 Å². The first-order chi connectivity index (χ1) is 12.8. The van der Waals surface area contributed by atoms with E-state index < -0.39 is 27.9 Å². The zero-order valence-corrected chi connectivity index (χ0v) is 16.0. The minimum atomic E-state index is -4.02. The van der Waals surface area contributed by atoms with E-state index in [0.717, 1.165) is 18.4 Å². The summed E-state index contributed by atoms with van der Waals surface area (Å²) in [6, 6.07) is 6.84. The standard InChI is InChI=1S/C16H16N2O7S2/c1-24-13(19)9-17-15(20)10-3-5-11(6-4-10)18-27(22,23)12-7-8-26-14(12)16(21)25-2/h3-8,18H,9H2,1-2H3,(H,17,20). The number of thiophene rings is 1. The molecular formula is C16H16N2O7S2. The van der Waals surface area contributed by atoms with Crippen LogP contribution in [0.25, 0.3) is 0 Å². The van der Waals surface area contributed by atoms with Crippen molar-refractivity contribution in [2.24, 2.45) is 0 Å². The molecule has 144 valence electrons. The Kier molecular flexibility index (Phi) is 6.53. The first kappa shape index (κ1) is 20.4. The third-order valence-electron chi connectivity index (χ3n) is 3.31. The first-order valence-electron chi connectivity index (χ1n) is 7.42. The van der Waals surface area contributed by atoms with E-state index in [1.165, 1.54) is 42.8 Å². The van der Waals surface area contributed by atoms with Crippen molar-refractivity contribution in [3.63, 3.8) is 0 Å². The van der Waals surface area contributed by atoms with Gasteiger partial charge in [0, 0.05) is 11.3 Å². The highest BCUT2D eigenvalue weighted by atomic mass is 32.2. The topological polar surface area (TPSA) is 128 Å². The first-order valence-corrected chi connectivity index (χ1v) is 9.78. The van der Waals surface area contributed by atoms with Gasteiger partial charge in [-0.05, 0) is 35.7 Å². The molecule has 1 aromatic carbocycles. The highest BCUT2D eigenvalue weighted by Crippen LogP contribution is 2.25. The number of carbonyl (C=O) groups excluding carboxylic acids is 3. The molecule has 0 saturated heterocycles.